The molecule has 0 saturated carbocycles. The standard InChI is InChI=1S/C15H24FNO/c1-5-9-17-11-15(4,6-2)18-14-10-12(3)7-8-13(14)16/h7-8,10,17H,5-6,9,11H2,1-4H3. The van der Waals surface area contributed by atoms with E-state index in [1.54, 1.807) is 12.1 Å². The molecular formula is C15H24FNO. The van der Waals surface area contributed by atoms with Gasteiger partial charge in [0.2, 0.25) is 0 Å². The fourth-order valence-electron chi connectivity index (χ4n) is 1.72. The minimum atomic E-state index is -0.371. The highest BCUT2D eigenvalue weighted by Gasteiger charge is 2.25. The van der Waals surface area contributed by atoms with Gasteiger partial charge >= 0.3 is 0 Å². The Balaban J connectivity index is 2.74. The van der Waals surface area contributed by atoms with Crippen LogP contribution in [-0.2, 0) is 0 Å². The maximum Gasteiger partial charge on any atom is 0.165 e. The van der Waals surface area contributed by atoms with Crippen LogP contribution in [0.2, 0.25) is 0 Å². The van der Waals surface area contributed by atoms with E-state index in [0.29, 0.717) is 5.75 Å². The van der Waals surface area contributed by atoms with Gasteiger partial charge in [-0.2, -0.15) is 0 Å². The molecule has 0 heterocycles. The highest BCUT2D eigenvalue weighted by atomic mass is 19.1. The second-order valence-corrected chi connectivity index (χ2v) is 5.02. The minimum absolute atomic E-state index is 0.296. The highest BCUT2D eigenvalue weighted by molar-refractivity contribution is 5.30. The van der Waals surface area contributed by atoms with Gasteiger partial charge in [0.25, 0.3) is 0 Å². The van der Waals surface area contributed by atoms with Crippen molar-refractivity contribution in [3.05, 3.63) is 29.6 Å². The van der Waals surface area contributed by atoms with Crippen LogP contribution < -0.4 is 10.1 Å². The number of hydrogen-bond acceptors (Lipinski definition) is 2. The Morgan fingerprint density at radius 2 is 2.06 bits per heavy atom. The Bertz CT molecular complexity index is 381. The van der Waals surface area contributed by atoms with Crippen LogP contribution in [0.3, 0.4) is 0 Å². The quantitative estimate of drug-likeness (QED) is 0.748. The van der Waals surface area contributed by atoms with Crippen molar-refractivity contribution in [3.63, 3.8) is 0 Å². The Morgan fingerprint density at radius 1 is 1.33 bits per heavy atom. The van der Waals surface area contributed by atoms with Crippen molar-refractivity contribution in [2.45, 2.75) is 46.1 Å². The molecule has 0 bridgehead atoms. The average Bonchev–Trinajstić information content (AvgIpc) is 2.34. The molecule has 1 unspecified atom stereocenters. The summed E-state index contributed by atoms with van der Waals surface area (Å²) in [5.74, 6) is 0.0495. The molecule has 0 fully saturated rings. The molecule has 0 aliphatic carbocycles. The molecule has 102 valence electrons. The smallest absolute Gasteiger partial charge is 0.165 e. The largest absolute Gasteiger partial charge is 0.483 e. The fourth-order valence-corrected chi connectivity index (χ4v) is 1.72. The molecule has 0 aromatic heterocycles. The molecular weight excluding hydrogens is 229 g/mol. The molecule has 2 nitrogen and oxygen atoms in total. The lowest BCUT2D eigenvalue weighted by Crippen LogP contribution is -2.43. The Hall–Kier alpha value is -1.09. The van der Waals surface area contributed by atoms with Gasteiger partial charge < -0.3 is 10.1 Å². The van der Waals surface area contributed by atoms with Crippen molar-refractivity contribution < 1.29 is 9.13 Å². The predicted molar refractivity (Wildman–Crippen MR) is 73.6 cm³/mol. The van der Waals surface area contributed by atoms with Crippen molar-refractivity contribution in [1.29, 1.82) is 0 Å². The lowest BCUT2D eigenvalue weighted by Gasteiger charge is -2.30. The fraction of sp³-hybridized carbons (Fsp3) is 0.600. The summed E-state index contributed by atoms with van der Waals surface area (Å²) in [5.41, 5.74) is 0.635. The lowest BCUT2D eigenvalue weighted by molar-refractivity contribution is 0.0788. The molecule has 0 saturated heterocycles. The maximum absolute atomic E-state index is 13.7. The van der Waals surface area contributed by atoms with E-state index in [4.69, 9.17) is 4.74 Å². The van der Waals surface area contributed by atoms with Gasteiger partial charge in [0.15, 0.2) is 11.6 Å². The lowest BCUT2D eigenvalue weighted by atomic mass is 10.0. The van der Waals surface area contributed by atoms with E-state index < -0.39 is 0 Å². The predicted octanol–water partition coefficient (Wildman–Crippen LogP) is 3.68. The van der Waals surface area contributed by atoms with Crippen LogP contribution in [-0.4, -0.2) is 18.7 Å². The van der Waals surface area contributed by atoms with E-state index in [2.05, 4.69) is 19.2 Å². The van der Waals surface area contributed by atoms with Crippen LogP contribution >= 0.6 is 0 Å². The first-order valence-corrected chi connectivity index (χ1v) is 6.66. The van der Waals surface area contributed by atoms with E-state index in [1.807, 2.05) is 13.8 Å². The first-order chi connectivity index (χ1) is 8.50. The van der Waals surface area contributed by atoms with Gasteiger partial charge in [-0.3, -0.25) is 0 Å². The van der Waals surface area contributed by atoms with E-state index in [-0.39, 0.29) is 11.4 Å². The normalized spacial score (nSPS) is 14.3. The van der Waals surface area contributed by atoms with Gasteiger partial charge in [0.1, 0.15) is 5.60 Å². The van der Waals surface area contributed by atoms with Crippen molar-refractivity contribution in [3.8, 4) is 5.75 Å². The van der Waals surface area contributed by atoms with Crippen molar-refractivity contribution in [1.82, 2.24) is 5.32 Å². The third kappa shape index (κ3) is 4.30. The summed E-state index contributed by atoms with van der Waals surface area (Å²) in [6.45, 7) is 9.81. The molecule has 0 amide bonds. The zero-order chi connectivity index (χ0) is 13.6. The summed E-state index contributed by atoms with van der Waals surface area (Å²) >= 11 is 0. The molecule has 1 aromatic carbocycles. The van der Waals surface area contributed by atoms with Crippen molar-refractivity contribution >= 4 is 0 Å². The maximum atomic E-state index is 13.7. The average molecular weight is 253 g/mol. The second-order valence-electron chi connectivity index (χ2n) is 5.02. The van der Waals surface area contributed by atoms with Crippen molar-refractivity contribution in [2.75, 3.05) is 13.1 Å². The van der Waals surface area contributed by atoms with Gasteiger partial charge in [-0.1, -0.05) is 19.9 Å². The highest BCUT2D eigenvalue weighted by Crippen LogP contribution is 2.25. The van der Waals surface area contributed by atoms with Crippen LogP contribution in [0.15, 0.2) is 18.2 Å². The van der Waals surface area contributed by atoms with Crippen molar-refractivity contribution in [2.24, 2.45) is 0 Å². The van der Waals surface area contributed by atoms with Crippen LogP contribution in [0, 0.1) is 12.7 Å². The number of aryl methyl sites for hydroxylation is 1. The number of benzene rings is 1. The number of rotatable bonds is 7. The number of halogens is 1. The van der Waals surface area contributed by atoms with Crippen LogP contribution in [0.1, 0.15) is 39.2 Å². The summed E-state index contributed by atoms with van der Waals surface area (Å²) in [6.07, 6.45) is 1.91. The number of hydrogen-bond donors (Lipinski definition) is 1. The topological polar surface area (TPSA) is 21.3 Å². The molecule has 1 rings (SSSR count). The minimum Gasteiger partial charge on any atom is -0.483 e. The molecule has 3 heteroatoms. The summed E-state index contributed by atoms with van der Waals surface area (Å²) in [5, 5.41) is 3.33. The first kappa shape index (κ1) is 15.0. The van der Waals surface area contributed by atoms with Crippen LogP contribution in [0.25, 0.3) is 0 Å². The molecule has 0 aliphatic rings. The monoisotopic (exact) mass is 253 g/mol. The molecule has 1 atom stereocenters. The van der Waals surface area contributed by atoms with E-state index in [9.17, 15) is 4.39 Å². The molecule has 1 N–H and O–H groups in total. The third-order valence-electron chi connectivity index (χ3n) is 3.12. The number of ether oxygens (including phenoxy) is 1. The first-order valence-electron chi connectivity index (χ1n) is 6.66. The molecule has 18 heavy (non-hydrogen) atoms. The van der Waals surface area contributed by atoms with Crippen LogP contribution in [0.4, 0.5) is 4.39 Å². The zero-order valence-corrected chi connectivity index (χ0v) is 11.8. The van der Waals surface area contributed by atoms with Gasteiger partial charge in [0.05, 0.1) is 0 Å². The summed E-state index contributed by atoms with van der Waals surface area (Å²) in [4.78, 5) is 0. The third-order valence-corrected chi connectivity index (χ3v) is 3.12. The SMILES string of the molecule is CCCNCC(C)(CC)Oc1cc(C)ccc1F. The summed E-state index contributed by atoms with van der Waals surface area (Å²) < 4.78 is 19.6. The van der Waals surface area contributed by atoms with Gasteiger partial charge in [-0.15, -0.1) is 0 Å². The summed E-state index contributed by atoms with van der Waals surface area (Å²) in [7, 11) is 0. The molecule has 1 aromatic rings. The van der Waals surface area contributed by atoms with Gasteiger partial charge in [0, 0.05) is 6.54 Å². The van der Waals surface area contributed by atoms with Gasteiger partial charge in [-0.05, 0) is 50.9 Å². The molecule has 0 spiro atoms. The Labute approximate surface area is 110 Å². The second kappa shape index (κ2) is 6.74. The number of nitrogens with one attached hydrogen (secondary N) is 1. The Kier molecular flexibility index (Phi) is 5.60. The summed E-state index contributed by atoms with van der Waals surface area (Å²) in [6, 6.07) is 4.96. The molecule has 0 radical (unpaired) electrons. The molecule has 0 aliphatic heterocycles. The zero-order valence-electron chi connectivity index (χ0n) is 11.8. The van der Waals surface area contributed by atoms with E-state index >= 15 is 0 Å². The van der Waals surface area contributed by atoms with Crippen LogP contribution in [0.5, 0.6) is 5.75 Å². The van der Waals surface area contributed by atoms with E-state index in [0.717, 1.165) is 31.5 Å². The van der Waals surface area contributed by atoms with Gasteiger partial charge in [-0.25, -0.2) is 4.39 Å². The van der Waals surface area contributed by atoms with E-state index in [1.165, 1.54) is 6.07 Å². The Morgan fingerprint density at radius 3 is 2.67 bits per heavy atom.